The number of carbonyl (C=O) groups is 1. The van der Waals surface area contributed by atoms with Crippen LogP contribution in [0, 0.1) is 23.2 Å². The van der Waals surface area contributed by atoms with Gasteiger partial charge in [-0.1, -0.05) is 11.8 Å². The summed E-state index contributed by atoms with van der Waals surface area (Å²) in [5, 5.41) is 33.7. The van der Waals surface area contributed by atoms with Gasteiger partial charge in [0.1, 0.15) is 0 Å². The van der Waals surface area contributed by atoms with E-state index in [1.165, 1.54) is 0 Å². The third-order valence-electron chi connectivity index (χ3n) is 1.48. The summed E-state index contributed by atoms with van der Waals surface area (Å²) in [7, 11) is 0. The minimum Gasteiger partial charge on any atom is -0.652 e. The summed E-state index contributed by atoms with van der Waals surface area (Å²) in [5.74, 6) is 5.68. The average Bonchev–Trinajstić information content (AvgIpc) is 2.30. The Balaban J connectivity index is -0.000000379. The predicted molar refractivity (Wildman–Crippen MR) is 55.1 cm³/mol. The van der Waals surface area contributed by atoms with Gasteiger partial charge in [-0.3, -0.25) is 0 Å². The van der Waals surface area contributed by atoms with E-state index in [0.717, 1.165) is 5.56 Å². The summed E-state index contributed by atoms with van der Waals surface area (Å²) < 4.78 is 0. The van der Waals surface area contributed by atoms with Gasteiger partial charge in [-0.05, 0) is 30.4 Å². The summed E-state index contributed by atoms with van der Waals surface area (Å²) in [6.07, 6.45) is -1.85. The molecule has 0 saturated carbocycles. The first-order valence-corrected chi connectivity index (χ1v) is 4.58. The Morgan fingerprint density at radius 1 is 1.16 bits per heavy atom. The molecular formula is C12H9K2NO4. The van der Waals surface area contributed by atoms with Gasteiger partial charge in [0.15, 0.2) is 0 Å². The molecule has 1 aromatic carbocycles. The van der Waals surface area contributed by atoms with Crippen LogP contribution in [-0.2, 0) is 0 Å². The zero-order valence-corrected chi connectivity index (χ0v) is 17.1. The van der Waals surface area contributed by atoms with Crippen LogP contribution in [0.2, 0.25) is 0 Å². The fourth-order valence-electron chi connectivity index (χ4n) is 0.849. The van der Waals surface area contributed by atoms with Crippen LogP contribution >= 0.6 is 0 Å². The summed E-state index contributed by atoms with van der Waals surface area (Å²) in [5.41, 5.74) is 1.50. The molecule has 0 amide bonds. The van der Waals surface area contributed by atoms with Crippen LogP contribution in [0.25, 0.3) is 0 Å². The van der Waals surface area contributed by atoms with E-state index < -0.39 is 6.16 Å². The molecule has 19 heavy (non-hydrogen) atoms. The Bertz CT molecular complexity index is 453. The summed E-state index contributed by atoms with van der Waals surface area (Å²) in [6, 6.07) is 9.07. The Morgan fingerprint density at radius 2 is 1.58 bits per heavy atom. The van der Waals surface area contributed by atoms with E-state index in [1.54, 1.807) is 24.3 Å². The molecule has 0 saturated heterocycles. The van der Waals surface area contributed by atoms with Crippen molar-refractivity contribution in [2.24, 2.45) is 0 Å². The maximum absolute atomic E-state index is 8.52. The molecule has 0 radical (unpaired) electrons. The van der Waals surface area contributed by atoms with E-state index >= 15 is 0 Å². The summed E-state index contributed by atoms with van der Waals surface area (Å²) in [4.78, 5) is 8.33. The largest absolute Gasteiger partial charge is 1.00 e. The van der Waals surface area contributed by atoms with Crippen molar-refractivity contribution < 1.29 is 123 Å². The van der Waals surface area contributed by atoms with Crippen molar-refractivity contribution in [3.63, 3.8) is 0 Å². The number of aliphatic hydroxyl groups is 1. The summed E-state index contributed by atoms with van der Waals surface area (Å²) in [6.45, 7) is 0.0866. The van der Waals surface area contributed by atoms with Gasteiger partial charge in [-0.25, -0.2) is 0 Å². The van der Waals surface area contributed by atoms with Crippen LogP contribution < -0.4 is 113 Å². The molecule has 0 fully saturated rings. The zero-order valence-electron chi connectivity index (χ0n) is 10.8. The summed E-state index contributed by atoms with van der Waals surface area (Å²) >= 11 is 0. The number of carboxylic acid groups (broad SMARTS) is 2. The van der Waals surface area contributed by atoms with E-state index in [0.29, 0.717) is 12.0 Å². The second-order valence-corrected chi connectivity index (χ2v) is 2.71. The third kappa shape index (κ3) is 16.7. The number of aliphatic hydroxyl groups excluding tert-OH is 1. The third-order valence-corrected chi connectivity index (χ3v) is 1.48. The van der Waals surface area contributed by atoms with E-state index in [-0.39, 0.29) is 109 Å². The smallest absolute Gasteiger partial charge is 0.652 e. The Kier molecular flexibility index (Phi) is 21.9. The van der Waals surface area contributed by atoms with Gasteiger partial charge < -0.3 is 20.1 Å². The molecule has 0 aromatic heterocycles. The average molecular weight is 309 g/mol. The van der Waals surface area contributed by atoms with Crippen LogP contribution in [0.4, 0.5) is 4.79 Å². The second kappa shape index (κ2) is 16.8. The van der Waals surface area contributed by atoms with Crippen molar-refractivity contribution in [3.8, 4) is 17.9 Å². The number of rotatable bonds is 1. The van der Waals surface area contributed by atoms with Gasteiger partial charge in [-0.2, -0.15) is 5.26 Å². The molecule has 1 aromatic rings. The van der Waals surface area contributed by atoms with Crippen molar-refractivity contribution in [2.75, 3.05) is 6.61 Å². The molecular weight excluding hydrogens is 300 g/mol. The van der Waals surface area contributed by atoms with E-state index in [9.17, 15) is 0 Å². The molecule has 5 nitrogen and oxygen atoms in total. The molecule has 0 aliphatic carbocycles. The maximum atomic E-state index is 8.52. The molecule has 0 atom stereocenters. The molecule has 0 bridgehead atoms. The molecule has 0 unspecified atom stereocenters. The molecule has 0 aliphatic heterocycles. The van der Waals surface area contributed by atoms with E-state index in [2.05, 4.69) is 11.8 Å². The number of benzene rings is 1. The Hall–Kier alpha value is 0.773. The number of hydrogen-bond acceptors (Lipinski definition) is 5. The van der Waals surface area contributed by atoms with Gasteiger partial charge in [0, 0.05) is 12.0 Å². The van der Waals surface area contributed by atoms with Gasteiger partial charge in [0.05, 0.1) is 18.2 Å². The van der Waals surface area contributed by atoms with Crippen LogP contribution in [0.3, 0.4) is 0 Å². The van der Waals surface area contributed by atoms with Gasteiger partial charge in [0.25, 0.3) is 0 Å². The Morgan fingerprint density at radius 3 is 1.95 bits per heavy atom. The Labute approximate surface area is 196 Å². The SMILES string of the molecule is N#Cc1ccc(C#CCCO)cc1.O=C([O-])[O-].[K+].[K+]. The number of nitrogens with zero attached hydrogens (tertiary/aromatic N) is 1. The van der Waals surface area contributed by atoms with Crippen molar-refractivity contribution >= 4 is 6.16 Å². The van der Waals surface area contributed by atoms with Crippen molar-refractivity contribution in [1.29, 1.82) is 5.26 Å². The number of hydrogen-bond donors (Lipinski definition) is 1. The minimum absolute atomic E-state index is 0. The molecule has 0 aliphatic rings. The first kappa shape index (κ1) is 24.8. The van der Waals surface area contributed by atoms with E-state index in [4.69, 9.17) is 25.4 Å². The van der Waals surface area contributed by atoms with Gasteiger partial charge in [0.2, 0.25) is 0 Å². The second-order valence-electron chi connectivity index (χ2n) is 2.71. The topological polar surface area (TPSA) is 107 Å². The van der Waals surface area contributed by atoms with Crippen LogP contribution in [0.5, 0.6) is 0 Å². The first-order valence-electron chi connectivity index (χ1n) is 4.58. The maximum Gasteiger partial charge on any atom is 1.00 e. The molecule has 7 heteroatoms. The molecule has 0 spiro atoms. The van der Waals surface area contributed by atoms with Gasteiger partial charge in [-0.15, -0.1) is 0 Å². The van der Waals surface area contributed by atoms with Crippen molar-refractivity contribution in [1.82, 2.24) is 0 Å². The fourth-order valence-corrected chi connectivity index (χ4v) is 0.849. The van der Waals surface area contributed by atoms with Crippen LogP contribution in [-0.4, -0.2) is 17.9 Å². The normalized spacial score (nSPS) is 6.95. The fraction of sp³-hybridized carbons (Fsp3) is 0.167. The predicted octanol–water partition coefficient (Wildman–Crippen LogP) is -7.15. The van der Waals surface area contributed by atoms with Crippen molar-refractivity contribution in [3.05, 3.63) is 35.4 Å². The van der Waals surface area contributed by atoms with Crippen molar-refractivity contribution in [2.45, 2.75) is 6.42 Å². The number of nitriles is 1. The van der Waals surface area contributed by atoms with Gasteiger partial charge >= 0.3 is 103 Å². The quantitative estimate of drug-likeness (QED) is 0.410. The first-order chi connectivity index (χ1) is 8.10. The number of carbonyl (C=O) groups excluding carboxylic acids is 1. The standard InChI is InChI=1S/C11H9NO.CH2O3.2K/c12-9-11-6-4-10(5-7-11)3-1-2-8-13;2-1(3)4;;/h4-7,13H,2,8H2;(H2,2,3,4);;/q;;2*+1/p-2. The molecule has 0 heterocycles. The monoisotopic (exact) mass is 309 g/mol. The minimum atomic E-state index is -2.33. The zero-order chi connectivity index (χ0) is 13.1. The van der Waals surface area contributed by atoms with Crippen LogP contribution in [0.1, 0.15) is 17.5 Å². The molecule has 1 rings (SSSR count). The molecule has 1 N–H and O–H groups in total. The van der Waals surface area contributed by atoms with Crippen LogP contribution in [0.15, 0.2) is 24.3 Å². The van der Waals surface area contributed by atoms with E-state index in [1.807, 2.05) is 6.07 Å². The molecule has 88 valence electrons.